The molecule has 0 spiro atoms. The highest BCUT2D eigenvalue weighted by molar-refractivity contribution is 8.13. The van der Waals surface area contributed by atoms with Crippen LogP contribution in [0.3, 0.4) is 0 Å². The lowest BCUT2D eigenvalue weighted by Gasteiger charge is -2.34. The molecule has 3 nitrogen and oxygen atoms in total. The molecule has 1 fully saturated rings. The van der Waals surface area contributed by atoms with Crippen molar-refractivity contribution in [3.8, 4) is 0 Å². The average Bonchev–Trinajstić information content (AvgIpc) is 3.15. The summed E-state index contributed by atoms with van der Waals surface area (Å²) in [6, 6.07) is 14.4. The Bertz CT molecular complexity index is 916. The maximum Gasteiger partial charge on any atom is 0.416 e. The van der Waals surface area contributed by atoms with Crippen molar-refractivity contribution < 1.29 is 18.0 Å². The molecule has 1 saturated carbocycles. The molecule has 0 aliphatic heterocycles. The van der Waals surface area contributed by atoms with Crippen LogP contribution in [-0.2, 0) is 16.7 Å². The number of thioether (sulfide) groups is 1. The number of rotatable bonds is 7. The highest BCUT2D eigenvalue weighted by atomic mass is 35.7. The van der Waals surface area contributed by atoms with Gasteiger partial charge < -0.3 is 5.09 Å². The van der Waals surface area contributed by atoms with E-state index in [0.717, 1.165) is 30.5 Å². The van der Waals surface area contributed by atoms with E-state index < -0.39 is 23.8 Å². The van der Waals surface area contributed by atoms with E-state index >= 15 is 0 Å². The zero-order valence-corrected chi connectivity index (χ0v) is 18.7. The minimum atomic E-state index is -4.40. The fourth-order valence-electron chi connectivity index (χ4n) is 3.51. The zero-order chi connectivity index (χ0) is 21.8. The van der Waals surface area contributed by atoms with Crippen molar-refractivity contribution in [1.82, 2.24) is 5.09 Å². The van der Waals surface area contributed by atoms with Crippen LogP contribution in [0.2, 0.25) is 0 Å². The van der Waals surface area contributed by atoms with E-state index in [4.69, 9.17) is 11.2 Å². The number of carbonyl (C=O) groups is 1. The van der Waals surface area contributed by atoms with Gasteiger partial charge in [0.2, 0.25) is 5.12 Å². The SMILES string of the molecule is C=P(Cl)(Nc1ccc(C(F)(F)F)cc1)NC1(C(=O)SCc2ccccc2)CCCC1. The summed E-state index contributed by atoms with van der Waals surface area (Å²) in [4.78, 5) is 13.1. The maximum absolute atomic E-state index is 13.1. The number of anilines is 1. The molecule has 1 unspecified atom stereocenters. The van der Waals surface area contributed by atoms with Crippen molar-refractivity contribution in [3.63, 3.8) is 0 Å². The van der Waals surface area contributed by atoms with Gasteiger partial charge in [0.15, 0.2) is 0 Å². The third-order valence-electron chi connectivity index (χ3n) is 4.97. The van der Waals surface area contributed by atoms with Gasteiger partial charge in [0.25, 0.3) is 0 Å². The Balaban J connectivity index is 1.68. The Labute approximate surface area is 183 Å². The smallest absolute Gasteiger partial charge is 0.343 e. The summed E-state index contributed by atoms with van der Waals surface area (Å²) in [5.74, 6) is 0.570. The first-order chi connectivity index (χ1) is 14.1. The predicted octanol–water partition coefficient (Wildman–Crippen LogP) is 6.91. The van der Waals surface area contributed by atoms with Crippen LogP contribution in [0.15, 0.2) is 54.6 Å². The molecular formula is C21H23ClF3N2OPS. The molecule has 0 heterocycles. The van der Waals surface area contributed by atoms with Crippen LogP contribution in [-0.4, -0.2) is 17.0 Å². The van der Waals surface area contributed by atoms with Gasteiger partial charge >= 0.3 is 6.18 Å². The van der Waals surface area contributed by atoms with Crippen molar-refractivity contribution in [2.45, 2.75) is 43.2 Å². The fraction of sp³-hybridized carbons (Fsp3) is 0.333. The highest BCUT2D eigenvalue weighted by Gasteiger charge is 2.43. The molecule has 2 N–H and O–H groups in total. The van der Waals surface area contributed by atoms with E-state index in [0.29, 0.717) is 24.3 Å². The average molecular weight is 475 g/mol. The Morgan fingerprint density at radius 3 is 2.27 bits per heavy atom. The highest BCUT2D eigenvalue weighted by Crippen LogP contribution is 2.51. The number of halogens is 4. The van der Waals surface area contributed by atoms with Gasteiger partial charge in [0.05, 0.1) is 11.1 Å². The molecule has 30 heavy (non-hydrogen) atoms. The third kappa shape index (κ3) is 6.07. The van der Waals surface area contributed by atoms with Crippen LogP contribution >= 0.6 is 29.5 Å². The molecule has 0 radical (unpaired) electrons. The van der Waals surface area contributed by atoms with E-state index in [1.165, 1.54) is 23.9 Å². The normalized spacial score (nSPS) is 18.0. The first-order valence-corrected chi connectivity index (χ1v) is 13.4. The number of benzene rings is 2. The van der Waals surface area contributed by atoms with Crippen molar-refractivity contribution in [3.05, 3.63) is 65.7 Å². The topological polar surface area (TPSA) is 41.1 Å². The summed E-state index contributed by atoms with van der Waals surface area (Å²) in [5.41, 5.74) is -0.0292. The Hall–Kier alpha value is -1.40. The minimum Gasteiger partial charge on any atom is -0.343 e. The molecule has 0 amide bonds. The van der Waals surface area contributed by atoms with E-state index in [1.807, 2.05) is 30.3 Å². The van der Waals surface area contributed by atoms with Crippen molar-refractivity contribution in [1.29, 1.82) is 0 Å². The first-order valence-electron chi connectivity index (χ1n) is 9.49. The van der Waals surface area contributed by atoms with E-state index in [-0.39, 0.29) is 5.12 Å². The second kappa shape index (κ2) is 9.39. The summed E-state index contributed by atoms with van der Waals surface area (Å²) in [5, 5.41) is 6.28. The maximum atomic E-state index is 13.1. The quantitative estimate of drug-likeness (QED) is 0.428. The van der Waals surface area contributed by atoms with Gasteiger partial charge in [-0.3, -0.25) is 9.88 Å². The number of carbonyl (C=O) groups excluding carboxylic acids is 1. The van der Waals surface area contributed by atoms with Gasteiger partial charge in [-0.15, -0.1) is 0 Å². The molecule has 0 saturated heterocycles. The van der Waals surface area contributed by atoms with Crippen LogP contribution in [0.25, 0.3) is 0 Å². The lowest BCUT2D eigenvalue weighted by molar-refractivity contribution is -0.137. The zero-order valence-electron chi connectivity index (χ0n) is 16.2. The lowest BCUT2D eigenvalue weighted by atomic mass is 10.0. The second-order valence-corrected chi connectivity index (χ2v) is 11.9. The molecular weight excluding hydrogens is 452 g/mol. The van der Waals surface area contributed by atoms with E-state index in [9.17, 15) is 18.0 Å². The number of hydrogen-bond acceptors (Lipinski definition) is 4. The molecule has 0 bridgehead atoms. The molecule has 0 aromatic heterocycles. The van der Waals surface area contributed by atoms with Gasteiger partial charge in [0, 0.05) is 11.4 Å². The molecule has 1 aliphatic carbocycles. The summed E-state index contributed by atoms with van der Waals surface area (Å²) in [6.07, 6.45) is 2.75. The Kier molecular flexibility index (Phi) is 7.28. The van der Waals surface area contributed by atoms with E-state index in [1.54, 1.807) is 0 Å². The van der Waals surface area contributed by atoms with Crippen LogP contribution in [0, 0.1) is 0 Å². The molecule has 2 aromatic carbocycles. The summed E-state index contributed by atoms with van der Waals surface area (Å²) in [7, 11) is 0. The number of hydrogen-bond donors (Lipinski definition) is 2. The Morgan fingerprint density at radius 1 is 1.10 bits per heavy atom. The fourth-order valence-corrected chi connectivity index (χ4v) is 7.00. The van der Waals surface area contributed by atoms with Gasteiger partial charge in [0.1, 0.15) is 6.54 Å². The van der Waals surface area contributed by atoms with Gasteiger partial charge in [-0.05, 0) is 42.7 Å². The summed E-state index contributed by atoms with van der Waals surface area (Å²) >= 11 is 7.88. The third-order valence-corrected chi connectivity index (χ3v) is 8.00. The van der Waals surface area contributed by atoms with Crippen molar-refractivity contribution in [2.75, 3.05) is 5.09 Å². The lowest BCUT2D eigenvalue weighted by Crippen LogP contribution is -2.47. The molecule has 2 aromatic rings. The van der Waals surface area contributed by atoms with Crippen LogP contribution in [0.4, 0.5) is 18.9 Å². The summed E-state index contributed by atoms with van der Waals surface area (Å²) < 4.78 is 38.3. The molecule has 1 aliphatic rings. The van der Waals surface area contributed by atoms with Crippen LogP contribution < -0.4 is 10.2 Å². The van der Waals surface area contributed by atoms with Crippen molar-refractivity contribution >= 4 is 46.6 Å². The second-order valence-electron chi connectivity index (χ2n) is 7.37. The molecule has 3 rings (SSSR count). The largest absolute Gasteiger partial charge is 0.416 e. The number of nitrogens with one attached hydrogen (secondary N) is 2. The van der Waals surface area contributed by atoms with Crippen LogP contribution in [0.5, 0.6) is 0 Å². The first kappa shape index (κ1) is 23.3. The standard InChI is InChI=1S/C21H23ClF3N2OPS/c1-29(22,26-18-11-9-17(10-12-18)21(23,24)25)27-20(13-5-6-14-20)19(28)30-15-16-7-3-2-4-8-16/h2-4,7-12,26-27H,1,5-6,13-15H2. The van der Waals surface area contributed by atoms with Gasteiger partial charge in [-0.2, -0.15) is 13.2 Å². The molecule has 9 heteroatoms. The molecule has 162 valence electrons. The monoisotopic (exact) mass is 474 g/mol. The minimum absolute atomic E-state index is 0.0201. The Morgan fingerprint density at radius 2 is 1.70 bits per heavy atom. The number of alkyl halides is 3. The predicted molar refractivity (Wildman–Crippen MR) is 122 cm³/mol. The molecule has 1 atom stereocenters. The van der Waals surface area contributed by atoms with Gasteiger partial charge in [-0.1, -0.05) is 72.5 Å². The summed E-state index contributed by atoms with van der Waals surface area (Å²) in [6.45, 7) is -2.78. The van der Waals surface area contributed by atoms with Crippen molar-refractivity contribution in [2.24, 2.45) is 0 Å². The van der Waals surface area contributed by atoms with E-state index in [2.05, 4.69) is 16.5 Å². The van der Waals surface area contributed by atoms with Crippen LogP contribution in [0.1, 0.15) is 36.8 Å². The van der Waals surface area contributed by atoms with Gasteiger partial charge in [-0.25, -0.2) is 0 Å².